The van der Waals surface area contributed by atoms with Crippen molar-refractivity contribution in [3.8, 4) is 0 Å². The topological polar surface area (TPSA) is 12.4 Å². The van der Waals surface area contributed by atoms with Gasteiger partial charge in [-0.2, -0.15) is 0 Å². The van der Waals surface area contributed by atoms with Crippen molar-refractivity contribution < 1.29 is 0 Å². The molecule has 1 unspecified atom stereocenters. The third kappa shape index (κ3) is 2.47. The average molecular weight is 165 g/mol. The average Bonchev–Trinajstić information content (AvgIpc) is 2.28. The first-order chi connectivity index (χ1) is 5.74. The van der Waals surface area contributed by atoms with Crippen molar-refractivity contribution in [1.82, 2.24) is 0 Å². The summed E-state index contributed by atoms with van der Waals surface area (Å²) in [4.78, 5) is 4.55. The van der Waals surface area contributed by atoms with E-state index in [1.54, 1.807) is 0 Å². The summed E-state index contributed by atoms with van der Waals surface area (Å²) >= 11 is 0. The molecule has 1 heteroatoms. The minimum atomic E-state index is 0.567. The summed E-state index contributed by atoms with van der Waals surface area (Å²) < 4.78 is 0. The van der Waals surface area contributed by atoms with Crippen molar-refractivity contribution in [2.75, 3.05) is 0 Å². The van der Waals surface area contributed by atoms with Gasteiger partial charge in [-0.3, -0.25) is 4.99 Å². The Morgan fingerprint density at radius 2 is 2.33 bits per heavy atom. The van der Waals surface area contributed by atoms with E-state index in [1.165, 1.54) is 24.8 Å². The Balaban J connectivity index is 2.61. The van der Waals surface area contributed by atoms with Crippen LogP contribution >= 0.6 is 0 Å². The van der Waals surface area contributed by atoms with E-state index in [9.17, 15) is 0 Å². The van der Waals surface area contributed by atoms with Gasteiger partial charge < -0.3 is 0 Å². The van der Waals surface area contributed by atoms with Crippen LogP contribution in [0.2, 0.25) is 0 Å². The molecule has 1 aliphatic heterocycles. The lowest BCUT2D eigenvalue weighted by molar-refractivity contribution is 0.611. The number of rotatable bonds is 2. The third-order valence-electron chi connectivity index (χ3n) is 2.45. The lowest BCUT2D eigenvalue weighted by atomic mass is 10.0. The molecule has 0 amide bonds. The molecule has 0 spiro atoms. The molecule has 0 aromatic rings. The first-order valence-electron chi connectivity index (χ1n) is 4.97. The molecule has 1 aliphatic rings. The number of aliphatic imine (C=N–C) groups is 1. The van der Waals surface area contributed by atoms with E-state index in [2.05, 4.69) is 38.1 Å². The van der Waals surface area contributed by atoms with Gasteiger partial charge in [-0.25, -0.2) is 0 Å². The predicted molar refractivity (Wildman–Crippen MR) is 54.7 cm³/mol. The zero-order valence-corrected chi connectivity index (χ0v) is 8.38. The zero-order chi connectivity index (χ0) is 8.97. The smallest absolute Gasteiger partial charge is 0.0500 e. The van der Waals surface area contributed by atoms with Crippen molar-refractivity contribution in [2.45, 2.75) is 46.1 Å². The van der Waals surface area contributed by atoms with Gasteiger partial charge in [-0.15, -0.1) is 0 Å². The van der Waals surface area contributed by atoms with Crippen LogP contribution in [0.1, 0.15) is 40.0 Å². The van der Waals surface area contributed by atoms with E-state index in [4.69, 9.17) is 0 Å². The van der Waals surface area contributed by atoms with Gasteiger partial charge in [-0.05, 0) is 30.8 Å². The summed E-state index contributed by atoms with van der Waals surface area (Å²) in [5.74, 6) is 0.629. The van der Waals surface area contributed by atoms with Crippen molar-refractivity contribution in [3.63, 3.8) is 0 Å². The van der Waals surface area contributed by atoms with Gasteiger partial charge in [-0.1, -0.05) is 26.8 Å². The molecule has 0 aromatic heterocycles. The minimum Gasteiger partial charge on any atom is -0.290 e. The van der Waals surface area contributed by atoms with Crippen molar-refractivity contribution in [2.24, 2.45) is 10.9 Å². The maximum absolute atomic E-state index is 4.55. The highest BCUT2D eigenvalue weighted by molar-refractivity contribution is 5.79. The Kier molecular flexibility index (Phi) is 3.51. The molecule has 0 saturated heterocycles. The third-order valence-corrected chi connectivity index (χ3v) is 2.45. The van der Waals surface area contributed by atoms with E-state index < -0.39 is 0 Å². The Morgan fingerprint density at radius 1 is 1.58 bits per heavy atom. The van der Waals surface area contributed by atoms with Crippen LogP contribution < -0.4 is 0 Å². The molecule has 0 N–H and O–H groups in total. The normalized spacial score (nSPS) is 24.0. The van der Waals surface area contributed by atoms with Gasteiger partial charge >= 0.3 is 0 Å². The fraction of sp³-hybridized carbons (Fsp3) is 0.727. The molecule has 0 fully saturated rings. The molecule has 0 bridgehead atoms. The van der Waals surface area contributed by atoms with Gasteiger partial charge in [0.2, 0.25) is 0 Å². The second kappa shape index (κ2) is 4.44. The van der Waals surface area contributed by atoms with E-state index in [1.807, 2.05) is 0 Å². The second-order valence-corrected chi connectivity index (χ2v) is 3.78. The molecule has 68 valence electrons. The summed E-state index contributed by atoms with van der Waals surface area (Å²) in [5, 5.41) is 0. The van der Waals surface area contributed by atoms with Gasteiger partial charge in [0.05, 0.1) is 0 Å². The van der Waals surface area contributed by atoms with Gasteiger partial charge in [0, 0.05) is 12.3 Å². The number of allylic oxidation sites excluding steroid dienone is 2. The maximum Gasteiger partial charge on any atom is 0.0500 e. The summed E-state index contributed by atoms with van der Waals surface area (Å²) in [7, 11) is 0. The quantitative estimate of drug-likeness (QED) is 0.595. The SMILES string of the molecule is CCC1CCC=C(C(C)C)C=N1. The molecular weight excluding hydrogens is 146 g/mol. The Hall–Kier alpha value is -0.590. The number of hydrogen-bond donors (Lipinski definition) is 0. The molecule has 1 atom stereocenters. The lowest BCUT2D eigenvalue weighted by Crippen LogP contribution is -2.00. The van der Waals surface area contributed by atoms with Gasteiger partial charge in [0.1, 0.15) is 0 Å². The van der Waals surface area contributed by atoms with E-state index in [-0.39, 0.29) is 0 Å². The molecule has 0 saturated carbocycles. The summed E-state index contributed by atoms with van der Waals surface area (Å²) in [6, 6.07) is 0.567. The number of nitrogens with zero attached hydrogens (tertiary/aromatic N) is 1. The Labute approximate surface area is 75.6 Å². The minimum absolute atomic E-state index is 0.567. The zero-order valence-electron chi connectivity index (χ0n) is 8.38. The molecule has 0 aliphatic carbocycles. The maximum atomic E-state index is 4.55. The highest BCUT2D eigenvalue weighted by Crippen LogP contribution is 2.16. The van der Waals surface area contributed by atoms with Gasteiger partial charge in [0.15, 0.2) is 0 Å². The molecular formula is C11H19N. The van der Waals surface area contributed by atoms with E-state index in [0.717, 1.165) is 0 Å². The first kappa shape index (κ1) is 9.50. The summed E-state index contributed by atoms with van der Waals surface area (Å²) in [5.41, 5.74) is 1.41. The van der Waals surface area contributed by atoms with Crippen molar-refractivity contribution in [3.05, 3.63) is 11.6 Å². The van der Waals surface area contributed by atoms with Crippen LogP contribution in [-0.2, 0) is 0 Å². The monoisotopic (exact) mass is 165 g/mol. The molecule has 1 rings (SSSR count). The molecule has 0 aromatic carbocycles. The lowest BCUT2D eigenvalue weighted by Gasteiger charge is -2.04. The second-order valence-electron chi connectivity index (χ2n) is 3.78. The predicted octanol–water partition coefficient (Wildman–Crippen LogP) is 3.21. The molecule has 1 nitrogen and oxygen atoms in total. The van der Waals surface area contributed by atoms with E-state index in [0.29, 0.717) is 12.0 Å². The first-order valence-corrected chi connectivity index (χ1v) is 4.97. The van der Waals surface area contributed by atoms with Crippen LogP contribution in [-0.4, -0.2) is 12.3 Å². The van der Waals surface area contributed by atoms with Crippen LogP contribution in [0.15, 0.2) is 16.6 Å². The van der Waals surface area contributed by atoms with Crippen LogP contribution in [0.3, 0.4) is 0 Å². The molecule has 0 radical (unpaired) electrons. The van der Waals surface area contributed by atoms with Crippen LogP contribution in [0, 0.1) is 5.92 Å². The highest BCUT2D eigenvalue weighted by Gasteiger charge is 2.07. The van der Waals surface area contributed by atoms with Crippen LogP contribution in [0.25, 0.3) is 0 Å². The number of hydrogen-bond acceptors (Lipinski definition) is 1. The fourth-order valence-corrected chi connectivity index (χ4v) is 1.46. The Morgan fingerprint density at radius 3 is 2.92 bits per heavy atom. The van der Waals surface area contributed by atoms with Crippen LogP contribution in [0.4, 0.5) is 0 Å². The molecule has 12 heavy (non-hydrogen) atoms. The Bertz CT molecular complexity index is 189. The van der Waals surface area contributed by atoms with Crippen molar-refractivity contribution >= 4 is 6.21 Å². The van der Waals surface area contributed by atoms with E-state index >= 15 is 0 Å². The molecule has 1 heterocycles. The standard InChI is InChI=1S/C11H19N/c1-4-11-7-5-6-10(8-12-11)9(2)3/h6,8-9,11H,4-5,7H2,1-3H3. The largest absolute Gasteiger partial charge is 0.290 e. The van der Waals surface area contributed by atoms with Crippen molar-refractivity contribution in [1.29, 1.82) is 0 Å². The summed E-state index contributed by atoms with van der Waals surface area (Å²) in [6.45, 7) is 6.66. The summed E-state index contributed by atoms with van der Waals surface area (Å²) in [6.07, 6.45) is 8.01. The highest BCUT2D eigenvalue weighted by atomic mass is 14.8. The van der Waals surface area contributed by atoms with Gasteiger partial charge in [0.25, 0.3) is 0 Å². The van der Waals surface area contributed by atoms with Crippen LogP contribution in [0.5, 0.6) is 0 Å². The fourth-order valence-electron chi connectivity index (χ4n) is 1.46.